The molecule has 0 unspecified atom stereocenters. The van der Waals surface area contributed by atoms with Crippen molar-refractivity contribution in [3.05, 3.63) is 24.3 Å². The highest BCUT2D eigenvalue weighted by Gasteiger charge is 2.03. The molecule has 0 N–H and O–H groups in total. The molecule has 0 atom stereocenters. The third kappa shape index (κ3) is 9.54. The van der Waals surface area contributed by atoms with Crippen LogP contribution in [0.2, 0.25) is 0 Å². The van der Waals surface area contributed by atoms with Gasteiger partial charge >= 0.3 is 0 Å². The lowest BCUT2D eigenvalue weighted by atomic mass is 10.2. The first kappa shape index (κ1) is 17.5. The van der Waals surface area contributed by atoms with Gasteiger partial charge in [0.05, 0.1) is 0 Å². The maximum Gasteiger partial charge on any atom is 0.214 e. The molecule has 18 heavy (non-hydrogen) atoms. The monoisotopic (exact) mass is 286 g/mol. The summed E-state index contributed by atoms with van der Waals surface area (Å²) >= 11 is 2.70. The van der Waals surface area contributed by atoms with Gasteiger partial charge in [0.15, 0.2) is 0 Å². The molecule has 0 aliphatic heterocycles. The number of rotatable bonds is 9. The van der Waals surface area contributed by atoms with E-state index in [-0.39, 0.29) is 10.2 Å². The van der Waals surface area contributed by atoms with Gasteiger partial charge in [-0.2, -0.15) is 0 Å². The molecule has 0 saturated heterocycles. The third-order valence-corrected chi connectivity index (χ3v) is 4.41. The smallest absolute Gasteiger partial charge is 0.214 e. The lowest BCUT2D eigenvalue weighted by Crippen LogP contribution is -1.95. The van der Waals surface area contributed by atoms with Gasteiger partial charge in [-0.15, -0.1) is 0 Å². The zero-order chi connectivity index (χ0) is 14.0. The van der Waals surface area contributed by atoms with Gasteiger partial charge in [-0.05, 0) is 37.8 Å². The molecule has 0 aromatic carbocycles. The Morgan fingerprint density at radius 1 is 0.778 bits per heavy atom. The summed E-state index contributed by atoms with van der Waals surface area (Å²) in [6, 6.07) is 0. The zero-order valence-electron chi connectivity index (χ0n) is 11.3. The summed E-state index contributed by atoms with van der Waals surface area (Å²) in [4.78, 5) is 22.5. The number of hydrogen-bond donors (Lipinski definition) is 0. The maximum atomic E-state index is 11.2. The lowest BCUT2D eigenvalue weighted by Gasteiger charge is -2.02. The molecule has 0 aliphatic carbocycles. The van der Waals surface area contributed by atoms with Crippen LogP contribution in [0, 0.1) is 0 Å². The molecule has 0 saturated carbocycles. The van der Waals surface area contributed by atoms with E-state index in [1.54, 1.807) is 13.8 Å². The van der Waals surface area contributed by atoms with E-state index in [9.17, 15) is 9.59 Å². The normalized spacial score (nSPS) is 10.1. The fourth-order valence-corrected chi connectivity index (χ4v) is 2.69. The molecule has 0 heterocycles. The van der Waals surface area contributed by atoms with Crippen LogP contribution in [0.25, 0.3) is 0 Å². The number of carbonyl (C=O) groups excluding carboxylic acids is 2. The van der Waals surface area contributed by atoms with Crippen LogP contribution in [0.3, 0.4) is 0 Å². The Labute approximate surface area is 119 Å². The average molecular weight is 286 g/mol. The third-order valence-electron chi connectivity index (χ3n) is 2.20. The topological polar surface area (TPSA) is 34.1 Å². The van der Waals surface area contributed by atoms with Crippen LogP contribution in [-0.2, 0) is 9.59 Å². The summed E-state index contributed by atoms with van der Waals surface area (Å²) in [7, 11) is 0. The van der Waals surface area contributed by atoms with E-state index in [1.807, 2.05) is 0 Å². The van der Waals surface area contributed by atoms with Gasteiger partial charge in [0.2, 0.25) is 10.2 Å². The van der Waals surface area contributed by atoms with E-state index in [0.717, 1.165) is 37.2 Å². The van der Waals surface area contributed by atoms with Crippen molar-refractivity contribution in [1.29, 1.82) is 0 Å². The second kappa shape index (κ2) is 10.4. The predicted molar refractivity (Wildman–Crippen MR) is 83.0 cm³/mol. The summed E-state index contributed by atoms with van der Waals surface area (Å²) in [6.45, 7) is 10.7. The summed E-state index contributed by atoms with van der Waals surface area (Å²) < 4.78 is 0. The fraction of sp³-hybridized carbons (Fsp3) is 0.571. The highest BCUT2D eigenvalue weighted by molar-refractivity contribution is 8.14. The minimum absolute atomic E-state index is 0.0950. The minimum Gasteiger partial charge on any atom is -0.282 e. The van der Waals surface area contributed by atoms with Crippen LogP contribution in [-0.4, -0.2) is 21.7 Å². The molecule has 0 aromatic heterocycles. The fourth-order valence-electron chi connectivity index (χ4n) is 1.13. The van der Waals surface area contributed by atoms with E-state index in [2.05, 4.69) is 13.2 Å². The van der Waals surface area contributed by atoms with E-state index in [4.69, 9.17) is 0 Å². The summed E-state index contributed by atoms with van der Waals surface area (Å²) in [6.07, 6.45) is 4.31. The first-order chi connectivity index (χ1) is 8.45. The maximum absolute atomic E-state index is 11.2. The number of unbranched alkanes of at least 4 members (excludes halogenated alkanes) is 3. The quantitative estimate of drug-likeness (QED) is 0.469. The predicted octanol–water partition coefficient (Wildman–Crippen LogP) is 4.22. The molecule has 0 bridgehead atoms. The van der Waals surface area contributed by atoms with Crippen molar-refractivity contribution in [2.45, 2.75) is 39.5 Å². The average Bonchev–Trinajstić information content (AvgIpc) is 2.31. The number of thioether (sulfide) groups is 2. The van der Waals surface area contributed by atoms with Crippen LogP contribution in [0.4, 0.5) is 0 Å². The highest BCUT2D eigenvalue weighted by atomic mass is 32.2. The standard InChI is InChI=1S/C14H22O2S2/c1-11(2)13(15)17-9-7-5-6-8-10-18-14(16)12(3)4/h1,3,5-10H2,2,4H3. The van der Waals surface area contributed by atoms with Gasteiger partial charge in [0.25, 0.3) is 0 Å². The molecule has 0 spiro atoms. The van der Waals surface area contributed by atoms with Gasteiger partial charge in [0, 0.05) is 11.5 Å². The highest BCUT2D eigenvalue weighted by Crippen LogP contribution is 2.15. The number of hydrogen-bond acceptors (Lipinski definition) is 4. The SMILES string of the molecule is C=C(C)C(=O)SCCCCCCSC(=O)C(=C)C. The molecule has 0 amide bonds. The minimum atomic E-state index is 0.0950. The van der Waals surface area contributed by atoms with Crippen molar-refractivity contribution in [3.8, 4) is 0 Å². The Hall–Kier alpha value is -0.480. The van der Waals surface area contributed by atoms with E-state index < -0.39 is 0 Å². The van der Waals surface area contributed by atoms with Crippen molar-refractivity contribution in [2.75, 3.05) is 11.5 Å². The zero-order valence-corrected chi connectivity index (χ0v) is 12.9. The van der Waals surface area contributed by atoms with Crippen molar-refractivity contribution < 1.29 is 9.59 Å². The van der Waals surface area contributed by atoms with Crippen LogP contribution in [0.1, 0.15) is 39.5 Å². The number of carbonyl (C=O) groups is 2. The van der Waals surface area contributed by atoms with Crippen LogP contribution in [0.15, 0.2) is 24.3 Å². The Balaban J connectivity index is 3.32. The van der Waals surface area contributed by atoms with E-state index in [0.29, 0.717) is 11.1 Å². The van der Waals surface area contributed by atoms with Crippen molar-refractivity contribution in [2.24, 2.45) is 0 Å². The molecule has 0 fully saturated rings. The van der Waals surface area contributed by atoms with Crippen molar-refractivity contribution in [3.63, 3.8) is 0 Å². The second-order valence-corrected chi connectivity index (χ2v) is 6.38. The van der Waals surface area contributed by atoms with Crippen LogP contribution < -0.4 is 0 Å². The largest absolute Gasteiger partial charge is 0.282 e. The first-order valence-electron chi connectivity index (χ1n) is 6.10. The van der Waals surface area contributed by atoms with Crippen LogP contribution in [0.5, 0.6) is 0 Å². The first-order valence-corrected chi connectivity index (χ1v) is 8.07. The summed E-state index contributed by atoms with van der Waals surface area (Å²) in [5.41, 5.74) is 1.24. The summed E-state index contributed by atoms with van der Waals surface area (Å²) in [5.74, 6) is 1.73. The molecule has 0 aliphatic rings. The molecule has 0 radical (unpaired) electrons. The Bertz CT molecular complexity index is 290. The van der Waals surface area contributed by atoms with Gasteiger partial charge < -0.3 is 0 Å². The Morgan fingerprint density at radius 2 is 1.11 bits per heavy atom. The molecule has 102 valence electrons. The molecule has 2 nitrogen and oxygen atoms in total. The van der Waals surface area contributed by atoms with Gasteiger partial charge in [-0.3, -0.25) is 9.59 Å². The van der Waals surface area contributed by atoms with E-state index >= 15 is 0 Å². The molecular formula is C14H22O2S2. The lowest BCUT2D eigenvalue weighted by molar-refractivity contribution is -0.108. The van der Waals surface area contributed by atoms with Crippen LogP contribution >= 0.6 is 23.5 Å². The van der Waals surface area contributed by atoms with Gasteiger partial charge in [-0.1, -0.05) is 49.5 Å². The molecule has 0 rings (SSSR count). The van der Waals surface area contributed by atoms with E-state index in [1.165, 1.54) is 23.5 Å². The Kier molecular flexibility index (Phi) is 10.2. The van der Waals surface area contributed by atoms with Gasteiger partial charge in [0.1, 0.15) is 0 Å². The summed E-state index contributed by atoms with van der Waals surface area (Å²) in [5, 5.41) is 0.190. The van der Waals surface area contributed by atoms with Gasteiger partial charge in [-0.25, -0.2) is 0 Å². The molecular weight excluding hydrogens is 264 g/mol. The Morgan fingerprint density at radius 3 is 1.39 bits per heavy atom. The molecule has 4 heteroatoms. The van der Waals surface area contributed by atoms with Crippen molar-refractivity contribution >= 4 is 33.8 Å². The second-order valence-electron chi connectivity index (χ2n) is 4.25. The molecule has 0 aromatic rings. The van der Waals surface area contributed by atoms with Crippen molar-refractivity contribution in [1.82, 2.24) is 0 Å².